The first-order chi connectivity index (χ1) is 13.1. The van der Waals surface area contributed by atoms with Crippen molar-refractivity contribution < 1.29 is 0 Å². The molecule has 1 aliphatic rings. The minimum atomic E-state index is 0.813. The number of rotatable bonds is 5. The van der Waals surface area contributed by atoms with Crippen molar-refractivity contribution in [1.82, 2.24) is 0 Å². The molecule has 2 heteroatoms. The van der Waals surface area contributed by atoms with Crippen molar-refractivity contribution in [3.05, 3.63) is 77.4 Å². The Labute approximate surface area is 165 Å². The third kappa shape index (κ3) is 7.74. The molecule has 0 atom stereocenters. The number of allylic oxidation sites excluding steroid dienone is 7. The van der Waals surface area contributed by atoms with Gasteiger partial charge in [-0.2, -0.15) is 0 Å². The molecule has 0 unspecified atom stereocenters. The first-order valence-corrected chi connectivity index (χ1v) is 9.85. The fourth-order valence-electron chi connectivity index (χ4n) is 2.59. The molecule has 0 bridgehead atoms. The van der Waals surface area contributed by atoms with Gasteiger partial charge in [0.2, 0.25) is 0 Å². The van der Waals surface area contributed by atoms with E-state index in [9.17, 15) is 0 Å². The molecule has 1 aliphatic carbocycles. The van der Waals surface area contributed by atoms with E-state index in [-0.39, 0.29) is 0 Å². The Morgan fingerprint density at radius 1 is 1.15 bits per heavy atom. The van der Waals surface area contributed by atoms with Crippen molar-refractivity contribution in [3.8, 4) is 0 Å². The summed E-state index contributed by atoms with van der Waals surface area (Å²) in [6.45, 7) is 10.6. The van der Waals surface area contributed by atoms with Gasteiger partial charge >= 0.3 is 0 Å². The number of amidine groups is 1. The second kappa shape index (κ2) is 12.8. The fraction of sp³-hybridized carbons (Fsp3) is 0.360. The summed E-state index contributed by atoms with van der Waals surface area (Å²) in [7, 11) is 1.79. The van der Waals surface area contributed by atoms with Gasteiger partial charge in [0.05, 0.1) is 0 Å². The van der Waals surface area contributed by atoms with Crippen molar-refractivity contribution in [2.45, 2.75) is 53.9 Å². The molecule has 2 rings (SSSR count). The maximum absolute atomic E-state index is 4.70. The van der Waals surface area contributed by atoms with Crippen molar-refractivity contribution in [2.75, 3.05) is 7.05 Å². The lowest BCUT2D eigenvalue weighted by molar-refractivity contribution is 0.886. The highest BCUT2D eigenvalue weighted by Crippen LogP contribution is 2.20. The summed E-state index contributed by atoms with van der Waals surface area (Å²) in [5.41, 5.74) is 5.79. The normalized spacial score (nSPS) is 15.0. The van der Waals surface area contributed by atoms with E-state index in [2.05, 4.69) is 86.5 Å². The van der Waals surface area contributed by atoms with E-state index in [1.807, 2.05) is 13.8 Å². The highest BCUT2D eigenvalue weighted by Gasteiger charge is 2.07. The topological polar surface area (TPSA) is 24.7 Å². The molecule has 0 aromatic heterocycles. The van der Waals surface area contributed by atoms with Crippen molar-refractivity contribution in [1.29, 1.82) is 0 Å². The Morgan fingerprint density at radius 3 is 2.37 bits per heavy atom. The van der Waals surface area contributed by atoms with Crippen LogP contribution in [0.3, 0.4) is 0 Å². The molecule has 0 saturated carbocycles. The van der Waals surface area contributed by atoms with E-state index < -0.39 is 0 Å². The van der Waals surface area contributed by atoms with Gasteiger partial charge in [-0.25, -0.2) is 4.99 Å². The van der Waals surface area contributed by atoms with Gasteiger partial charge in [0.1, 0.15) is 0 Å². The average Bonchev–Trinajstić information content (AvgIpc) is 3.21. The number of aliphatic imine (C=N–C) groups is 2. The zero-order valence-electron chi connectivity index (χ0n) is 17.8. The second-order valence-corrected chi connectivity index (χ2v) is 6.54. The van der Waals surface area contributed by atoms with E-state index in [1.54, 1.807) is 7.05 Å². The second-order valence-electron chi connectivity index (χ2n) is 6.54. The van der Waals surface area contributed by atoms with E-state index in [4.69, 9.17) is 4.99 Å². The van der Waals surface area contributed by atoms with Gasteiger partial charge in [-0.1, -0.05) is 81.3 Å². The van der Waals surface area contributed by atoms with Crippen molar-refractivity contribution >= 4 is 17.1 Å². The molecule has 2 nitrogen and oxygen atoms in total. The number of hydrogen-bond acceptors (Lipinski definition) is 1. The van der Waals surface area contributed by atoms with Crippen LogP contribution in [-0.4, -0.2) is 18.6 Å². The Kier molecular flexibility index (Phi) is 10.7. The number of benzene rings is 1. The molecule has 0 aliphatic heterocycles. The zero-order valence-corrected chi connectivity index (χ0v) is 17.8. The van der Waals surface area contributed by atoms with Crippen LogP contribution in [0.2, 0.25) is 0 Å². The summed E-state index contributed by atoms with van der Waals surface area (Å²) < 4.78 is 0. The molecule has 0 spiro atoms. The SMILES string of the molecule is C/C=C\C(=C/C(C)=NC(=NC)C1=CC=CC1)c1ccccc1C.CCCC. The number of nitrogens with zero attached hydrogens (tertiary/aromatic N) is 2. The summed E-state index contributed by atoms with van der Waals surface area (Å²) in [6.07, 6.45) is 16.1. The monoisotopic (exact) mass is 362 g/mol. The predicted molar refractivity (Wildman–Crippen MR) is 123 cm³/mol. The molecule has 144 valence electrons. The third-order valence-electron chi connectivity index (χ3n) is 4.22. The lowest BCUT2D eigenvalue weighted by Crippen LogP contribution is -2.02. The van der Waals surface area contributed by atoms with E-state index in [0.717, 1.165) is 18.0 Å². The van der Waals surface area contributed by atoms with Crippen LogP contribution in [0.1, 0.15) is 58.1 Å². The van der Waals surface area contributed by atoms with Gasteiger partial charge in [0.25, 0.3) is 0 Å². The van der Waals surface area contributed by atoms with Crippen LogP contribution in [0.4, 0.5) is 0 Å². The molecule has 0 N–H and O–H groups in total. The van der Waals surface area contributed by atoms with Crippen molar-refractivity contribution in [3.63, 3.8) is 0 Å². The molecule has 0 saturated heterocycles. The van der Waals surface area contributed by atoms with E-state index in [0.29, 0.717) is 0 Å². The molecule has 0 amide bonds. The molecule has 1 aromatic rings. The Balaban J connectivity index is 0.000000828. The van der Waals surface area contributed by atoms with Crippen LogP contribution in [0.15, 0.2) is 76.3 Å². The minimum absolute atomic E-state index is 0.813. The minimum Gasteiger partial charge on any atom is -0.270 e. The van der Waals surface area contributed by atoms with Gasteiger partial charge in [-0.15, -0.1) is 0 Å². The summed E-state index contributed by atoms with van der Waals surface area (Å²) >= 11 is 0. The first kappa shape index (κ1) is 22.6. The molecule has 0 fully saturated rings. The molecular formula is C25H34N2. The third-order valence-corrected chi connectivity index (χ3v) is 4.22. The summed E-state index contributed by atoms with van der Waals surface area (Å²) in [5, 5.41) is 0. The zero-order chi connectivity index (χ0) is 20.1. The molecule has 1 aromatic carbocycles. The maximum Gasteiger partial charge on any atom is 0.150 e. The van der Waals surface area contributed by atoms with Gasteiger partial charge in [-0.3, -0.25) is 4.99 Å². The van der Waals surface area contributed by atoms with Crippen molar-refractivity contribution in [2.24, 2.45) is 9.98 Å². The Bertz CT molecular complexity index is 769. The lowest BCUT2D eigenvalue weighted by atomic mass is 9.99. The standard InChI is InChI=1S/C21H24N2.C4H10/c1-5-10-19(20-14-9-6-11-16(20)2)15-17(3)23-21(22-4)18-12-7-8-13-18;1-3-4-2/h5-12,14-15H,13H2,1-4H3;3-4H2,1-2H3/b10-5-,19-15+,22-21?,23-17?;. The van der Waals surface area contributed by atoms with Crippen LogP contribution >= 0.6 is 0 Å². The first-order valence-electron chi connectivity index (χ1n) is 9.85. The molecule has 0 heterocycles. The number of aryl methyl sites for hydroxylation is 1. The fourth-order valence-corrected chi connectivity index (χ4v) is 2.59. The quantitative estimate of drug-likeness (QED) is 0.302. The molecule has 27 heavy (non-hydrogen) atoms. The van der Waals surface area contributed by atoms with Gasteiger partial charge < -0.3 is 0 Å². The van der Waals surface area contributed by atoms with Crippen LogP contribution < -0.4 is 0 Å². The van der Waals surface area contributed by atoms with E-state index in [1.165, 1.54) is 35.1 Å². The predicted octanol–water partition coefficient (Wildman–Crippen LogP) is 7.14. The van der Waals surface area contributed by atoms with Gasteiger partial charge in [0.15, 0.2) is 5.84 Å². The molecular weight excluding hydrogens is 328 g/mol. The molecule has 0 radical (unpaired) electrons. The summed E-state index contributed by atoms with van der Waals surface area (Å²) in [5.74, 6) is 0.813. The maximum atomic E-state index is 4.70. The van der Waals surface area contributed by atoms with Crippen LogP contribution in [0.25, 0.3) is 5.57 Å². The van der Waals surface area contributed by atoms with Crippen LogP contribution in [-0.2, 0) is 0 Å². The number of hydrogen-bond donors (Lipinski definition) is 0. The van der Waals surface area contributed by atoms with E-state index >= 15 is 0 Å². The highest BCUT2D eigenvalue weighted by atomic mass is 14.9. The average molecular weight is 363 g/mol. The summed E-state index contributed by atoms with van der Waals surface area (Å²) in [6, 6.07) is 8.41. The largest absolute Gasteiger partial charge is 0.270 e. The summed E-state index contributed by atoms with van der Waals surface area (Å²) in [4.78, 5) is 9.03. The smallest absolute Gasteiger partial charge is 0.150 e. The lowest BCUT2D eigenvalue weighted by Gasteiger charge is -2.08. The van der Waals surface area contributed by atoms with Crippen LogP contribution in [0.5, 0.6) is 0 Å². The number of unbranched alkanes of at least 4 members (excludes halogenated alkanes) is 1. The van der Waals surface area contributed by atoms with Crippen LogP contribution in [0, 0.1) is 6.92 Å². The van der Waals surface area contributed by atoms with Gasteiger partial charge in [-0.05, 0) is 50.0 Å². The Morgan fingerprint density at radius 2 is 1.85 bits per heavy atom. The highest BCUT2D eigenvalue weighted by molar-refractivity contribution is 6.12. The van der Waals surface area contributed by atoms with Gasteiger partial charge in [0, 0.05) is 18.3 Å². The Hall–Kier alpha value is -2.48.